The van der Waals surface area contributed by atoms with E-state index in [4.69, 9.17) is 0 Å². The number of ether oxygens (including phenoxy) is 1. The van der Waals surface area contributed by atoms with Crippen LogP contribution < -0.4 is 4.18 Å². The first-order valence-electron chi connectivity index (χ1n) is 7.47. The average molecular weight is 471 g/mol. The number of fused-ring (bicyclic) bond motifs is 1. The summed E-state index contributed by atoms with van der Waals surface area (Å²) in [6, 6.07) is 5.76. The van der Waals surface area contributed by atoms with Gasteiger partial charge in [-0.25, -0.2) is 4.79 Å². The summed E-state index contributed by atoms with van der Waals surface area (Å²) in [4.78, 5) is 11.9. The standard InChI is InChI=1S/C16H14BrF3O6S/c1-3-25-15(22)13(21)12-8(2)6-9-7-10(17)4-5-11(9)14(12)26-27(23,24)16(18,19)20/h4-7,13,21H,3H2,1-2H3/t13-/m0/s1. The number of hydrogen-bond donors (Lipinski definition) is 1. The highest BCUT2D eigenvalue weighted by Crippen LogP contribution is 2.40. The van der Waals surface area contributed by atoms with Gasteiger partial charge in [0.1, 0.15) is 0 Å². The smallest absolute Gasteiger partial charge is 0.464 e. The SMILES string of the molecule is CCOC(=O)[C@@H](O)c1c(C)cc2cc(Br)ccc2c1OS(=O)(=O)C(F)(F)F. The minimum Gasteiger partial charge on any atom is -0.464 e. The van der Waals surface area contributed by atoms with Crippen LogP contribution in [-0.4, -0.2) is 31.6 Å². The third kappa shape index (κ3) is 4.36. The Morgan fingerprint density at radius 1 is 1.30 bits per heavy atom. The van der Waals surface area contributed by atoms with E-state index in [9.17, 15) is 31.5 Å². The Balaban J connectivity index is 2.79. The van der Waals surface area contributed by atoms with Crippen molar-refractivity contribution in [3.05, 3.63) is 39.9 Å². The molecule has 0 radical (unpaired) electrons. The first kappa shape index (κ1) is 21.5. The average Bonchev–Trinajstić information content (AvgIpc) is 2.52. The van der Waals surface area contributed by atoms with Gasteiger partial charge in [-0.3, -0.25) is 0 Å². The number of carbonyl (C=O) groups excluding carboxylic acids is 1. The largest absolute Gasteiger partial charge is 0.534 e. The Morgan fingerprint density at radius 3 is 2.48 bits per heavy atom. The van der Waals surface area contributed by atoms with Crippen molar-refractivity contribution >= 4 is 42.8 Å². The van der Waals surface area contributed by atoms with E-state index in [1.807, 2.05) is 0 Å². The maximum absolute atomic E-state index is 12.8. The van der Waals surface area contributed by atoms with Crippen molar-refractivity contribution in [2.75, 3.05) is 6.61 Å². The summed E-state index contributed by atoms with van der Waals surface area (Å²) in [6.07, 6.45) is -2.03. The van der Waals surface area contributed by atoms with Gasteiger partial charge < -0.3 is 14.0 Å². The summed E-state index contributed by atoms with van der Waals surface area (Å²) < 4.78 is 71.2. The van der Waals surface area contributed by atoms with Crippen LogP contribution in [0.15, 0.2) is 28.7 Å². The topological polar surface area (TPSA) is 89.9 Å². The number of alkyl halides is 3. The van der Waals surface area contributed by atoms with Crippen LogP contribution in [0.5, 0.6) is 5.75 Å². The molecule has 0 bridgehead atoms. The monoisotopic (exact) mass is 470 g/mol. The first-order valence-corrected chi connectivity index (χ1v) is 9.67. The zero-order chi connectivity index (χ0) is 20.6. The predicted octanol–water partition coefficient (Wildman–Crippen LogP) is 3.74. The fourth-order valence-corrected chi connectivity index (χ4v) is 3.29. The van der Waals surface area contributed by atoms with E-state index < -0.39 is 39.0 Å². The van der Waals surface area contributed by atoms with Crippen molar-refractivity contribution in [3.8, 4) is 5.75 Å². The van der Waals surface area contributed by atoms with E-state index >= 15 is 0 Å². The van der Waals surface area contributed by atoms with Crippen LogP contribution >= 0.6 is 15.9 Å². The van der Waals surface area contributed by atoms with Crippen molar-refractivity contribution in [2.45, 2.75) is 25.5 Å². The third-order valence-electron chi connectivity index (χ3n) is 3.56. The molecule has 6 nitrogen and oxygen atoms in total. The lowest BCUT2D eigenvalue weighted by atomic mass is 9.96. The lowest BCUT2D eigenvalue weighted by Crippen LogP contribution is -2.29. The van der Waals surface area contributed by atoms with Crippen molar-refractivity contribution in [1.29, 1.82) is 0 Å². The van der Waals surface area contributed by atoms with Gasteiger partial charge in [-0.2, -0.15) is 21.6 Å². The maximum atomic E-state index is 12.8. The van der Waals surface area contributed by atoms with Gasteiger partial charge in [-0.15, -0.1) is 0 Å². The third-order valence-corrected chi connectivity index (χ3v) is 5.01. The molecular formula is C16H14BrF3O6S. The first-order chi connectivity index (χ1) is 12.4. The Morgan fingerprint density at radius 2 is 1.93 bits per heavy atom. The van der Waals surface area contributed by atoms with Crippen molar-refractivity contribution in [1.82, 2.24) is 0 Å². The summed E-state index contributed by atoms with van der Waals surface area (Å²) in [5.41, 5.74) is -5.96. The van der Waals surface area contributed by atoms with E-state index in [1.54, 1.807) is 0 Å². The van der Waals surface area contributed by atoms with Gasteiger partial charge in [0, 0.05) is 15.4 Å². The van der Waals surface area contributed by atoms with Crippen LogP contribution in [-0.2, 0) is 19.6 Å². The van der Waals surface area contributed by atoms with Crippen LogP contribution in [0, 0.1) is 6.92 Å². The van der Waals surface area contributed by atoms with E-state index in [2.05, 4.69) is 24.8 Å². The van der Waals surface area contributed by atoms with Crippen LogP contribution in [0.4, 0.5) is 13.2 Å². The van der Waals surface area contributed by atoms with Gasteiger partial charge in [-0.1, -0.05) is 22.0 Å². The number of carbonyl (C=O) groups is 1. The number of aryl methyl sites for hydroxylation is 1. The molecule has 27 heavy (non-hydrogen) atoms. The van der Waals surface area contributed by atoms with E-state index in [0.29, 0.717) is 9.86 Å². The summed E-state index contributed by atoms with van der Waals surface area (Å²) in [5, 5.41) is 10.6. The number of hydrogen-bond acceptors (Lipinski definition) is 6. The molecule has 0 spiro atoms. The summed E-state index contributed by atoms with van der Waals surface area (Å²) >= 11 is 3.20. The molecule has 0 fully saturated rings. The minimum absolute atomic E-state index is 0.0324. The Labute approximate surface area is 161 Å². The lowest BCUT2D eigenvalue weighted by Gasteiger charge is -2.20. The van der Waals surface area contributed by atoms with Crippen LogP contribution in [0.25, 0.3) is 10.8 Å². The molecular weight excluding hydrogens is 457 g/mol. The van der Waals surface area contributed by atoms with Crippen molar-refractivity contribution in [3.63, 3.8) is 0 Å². The van der Waals surface area contributed by atoms with Crippen LogP contribution in [0.1, 0.15) is 24.2 Å². The molecule has 0 amide bonds. The van der Waals surface area contributed by atoms with Crippen molar-refractivity contribution in [2.24, 2.45) is 0 Å². The molecule has 11 heteroatoms. The van der Waals surface area contributed by atoms with Gasteiger partial charge >= 0.3 is 21.6 Å². The Kier molecular flexibility index (Phi) is 6.07. The molecule has 2 aromatic rings. The minimum atomic E-state index is -6.04. The molecule has 0 saturated carbocycles. The molecule has 2 aromatic carbocycles. The number of benzene rings is 2. The highest BCUT2D eigenvalue weighted by Gasteiger charge is 2.49. The van der Waals surface area contributed by atoms with Gasteiger partial charge in [0.05, 0.1) is 6.61 Å². The molecule has 148 valence electrons. The number of esters is 1. The lowest BCUT2D eigenvalue weighted by molar-refractivity contribution is -0.153. The molecule has 1 N–H and O–H groups in total. The number of rotatable bonds is 5. The second kappa shape index (κ2) is 7.64. The summed E-state index contributed by atoms with van der Waals surface area (Å²) in [5.74, 6) is -1.93. The highest BCUT2D eigenvalue weighted by atomic mass is 79.9. The van der Waals surface area contributed by atoms with Crippen LogP contribution in [0.2, 0.25) is 0 Å². The van der Waals surface area contributed by atoms with Gasteiger partial charge in [0.2, 0.25) is 0 Å². The maximum Gasteiger partial charge on any atom is 0.534 e. The van der Waals surface area contributed by atoms with E-state index in [-0.39, 0.29) is 17.6 Å². The Bertz CT molecular complexity index is 988. The molecule has 0 unspecified atom stereocenters. The normalized spacial score (nSPS) is 13.4. The quantitative estimate of drug-likeness (QED) is 0.406. The van der Waals surface area contributed by atoms with Gasteiger partial charge in [0.25, 0.3) is 0 Å². The molecule has 0 aliphatic carbocycles. The van der Waals surface area contributed by atoms with Crippen molar-refractivity contribution < 1.29 is 40.4 Å². The van der Waals surface area contributed by atoms with Gasteiger partial charge in [-0.05, 0) is 43.0 Å². The Hall–Kier alpha value is -1.85. The molecule has 2 rings (SSSR count). The molecule has 0 aromatic heterocycles. The zero-order valence-electron chi connectivity index (χ0n) is 14.0. The second-order valence-electron chi connectivity index (χ2n) is 5.44. The molecule has 1 atom stereocenters. The molecule has 0 saturated heterocycles. The molecule has 0 heterocycles. The summed E-state index contributed by atoms with van der Waals surface area (Å²) in [6.45, 7) is 2.78. The number of halogens is 4. The molecule has 0 aliphatic rings. The highest BCUT2D eigenvalue weighted by molar-refractivity contribution is 9.10. The number of aliphatic hydroxyl groups is 1. The molecule has 0 aliphatic heterocycles. The summed E-state index contributed by atoms with van der Waals surface area (Å²) in [7, 11) is -6.04. The van der Waals surface area contributed by atoms with E-state index in [0.717, 1.165) is 0 Å². The van der Waals surface area contributed by atoms with E-state index in [1.165, 1.54) is 38.1 Å². The predicted molar refractivity (Wildman–Crippen MR) is 93.6 cm³/mol. The van der Waals surface area contributed by atoms with Crippen LogP contribution in [0.3, 0.4) is 0 Å². The van der Waals surface area contributed by atoms with Gasteiger partial charge in [0.15, 0.2) is 11.9 Å². The fraction of sp³-hybridized carbons (Fsp3) is 0.312. The number of aliphatic hydroxyl groups excluding tert-OH is 1. The zero-order valence-corrected chi connectivity index (χ0v) is 16.4. The fourth-order valence-electron chi connectivity index (χ4n) is 2.42. The second-order valence-corrected chi connectivity index (χ2v) is 7.89.